The van der Waals surface area contributed by atoms with Crippen molar-refractivity contribution in [2.75, 3.05) is 19.6 Å². The predicted octanol–water partition coefficient (Wildman–Crippen LogP) is 5.69. The monoisotopic (exact) mass is 632 g/mol. The van der Waals surface area contributed by atoms with Crippen molar-refractivity contribution in [3.05, 3.63) is 95.1 Å². The molecule has 0 aliphatic carbocycles. The number of aliphatic hydroxyl groups is 2. The van der Waals surface area contributed by atoms with Crippen LogP contribution in [0.1, 0.15) is 48.0 Å². The highest BCUT2D eigenvalue weighted by molar-refractivity contribution is 6.76. The van der Waals surface area contributed by atoms with E-state index in [2.05, 4.69) is 17.1 Å². The minimum Gasteiger partial charge on any atom is -0.392 e. The fourth-order valence-electron chi connectivity index (χ4n) is 5.61. The number of benzene rings is 3. The molecular weight excluding hydrogens is 599 g/mol. The minimum absolute atomic E-state index is 0.0121. The summed E-state index contributed by atoms with van der Waals surface area (Å²) in [4.78, 5) is 14.3. The molecule has 0 saturated carbocycles. The van der Waals surface area contributed by atoms with Crippen LogP contribution >= 0.6 is 34.8 Å². The van der Waals surface area contributed by atoms with Crippen molar-refractivity contribution in [1.82, 2.24) is 10.2 Å². The topological polar surface area (TPSA) is 91.3 Å². The number of β-amino-alcohol motifs (C(OH)–C–C–N with tert-alkyl or cyclic N) is 1. The normalized spacial score (nSPS) is 25.0. The molecule has 224 valence electrons. The summed E-state index contributed by atoms with van der Waals surface area (Å²) in [6, 6.07) is 23.6. The average molecular weight is 634 g/mol. The Balaban J connectivity index is 1.37. The molecule has 1 amide bonds. The number of halogens is 3. The van der Waals surface area contributed by atoms with Gasteiger partial charge < -0.3 is 25.0 Å². The van der Waals surface area contributed by atoms with Crippen molar-refractivity contribution < 1.29 is 24.5 Å². The maximum Gasteiger partial charge on any atom is 0.272 e. The standard InChI is InChI=1S/C32H35Cl3N2O5/c1-20-28(18-37-15-14-26(39)17-37)41-30(42-29(20)23-8-6-21(19-38)7-9-23)24-12-10-22(11-13-24)27-5-3-2-4-25(27)16-36-31(40)32(33,34)35/h2-13,20,26,28-30,38-39H,14-19H2,1H3,(H,36,40)/t20-,26-,28+,29+,30+/m0/s1. The second-order valence-corrected chi connectivity index (χ2v) is 13.3. The van der Waals surface area contributed by atoms with E-state index < -0.39 is 16.0 Å². The lowest BCUT2D eigenvalue weighted by molar-refractivity contribution is -0.276. The fourth-order valence-corrected chi connectivity index (χ4v) is 5.81. The Hall–Kier alpha value is -2.20. The highest BCUT2D eigenvalue weighted by atomic mass is 35.6. The van der Waals surface area contributed by atoms with Crippen molar-refractivity contribution in [1.29, 1.82) is 0 Å². The van der Waals surface area contributed by atoms with E-state index in [1.807, 2.05) is 72.8 Å². The van der Waals surface area contributed by atoms with Crippen LogP contribution in [0.5, 0.6) is 0 Å². The average Bonchev–Trinajstić information content (AvgIpc) is 3.41. The number of nitrogens with zero attached hydrogens (tertiary/aromatic N) is 1. The maximum absolute atomic E-state index is 12.1. The van der Waals surface area contributed by atoms with Crippen LogP contribution in [-0.2, 0) is 27.4 Å². The number of carbonyl (C=O) groups excluding carboxylic acids is 1. The zero-order chi connectivity index (χ0) is 29.9. The van der Waals surface area contributed by atoms with Crippen LogP contribution in [0.4, 0.5) is 0 Å². The van der Waals surface area contributed by atoms with Crippen LogP contribution in [0.15, 0.2) is 72.8 Å². The molecule has 10 heteroatoms. The van der Waals surface area contributed by atoms with Gasteiger partial charge in [-0.25, -0.2) is 0 Å². The summed E-state index contributed by atoms with van der Waals surface area (Å²) in [5.41, 5.74) is 5.55. The number of amides is 1. The Kier molecular flexibility index (Phi) is 10.1. The second-order valence-electron chi connectivity index (χ2n) is 11.0. The number of nitrogens with one attached hydrogen (secondary N) is 1. The first kappa shape index (κ1) is 31.2. The lowest BCUT2D eigenvalue weighted by atomic mass is 9.90. The third kappa shape index (κ3) is 7.47. The van der Waals surface area contributed by atoms with Gasteiger partial charge in [-0.15, -0.1) is 0 Å². The molecule has 2 heterocycles. The van der Waals surface area contributed by atoms with E-state index in [0.29, 0.717) is 13.1 Å². The molecule has 3 aromatic rings. The molecule has 0 aromatic heterocycles. The van der Waals surface area contributed by atoms with Gasteiger partial charge in [0.2, 0.25) is 0 Å². The van der Waals surface area contributed by atoms with Gasteiger partial charge in [-0.1, -0.05) is 115 Å². The summed E-state index contributed by atoms with van der Waals surface area (Å²) in [5.74, 6) is -0.620. The highest BCUT2D eigenvalue weighted by Crippen LogP contribution is 2.42. The maximum atomic E-state index is 12.1. The molecule has 2 aliphatic rings. The molecule has 0 radical (unpaired) electrons. The minimum atomic E-state index is -2.03. The lowest BCUT2D eigenvalue weighted by Gasteiger charge is -2.42. The molecule has 0 unspecified atom stereocenters. The lowest BCUT2D eigenvalue weighted by Crippen LogP contribution is -2.44. The van der Waals surface area contributed by atoms with E-state index >= 15 is 0 Å². The molecule has 2 saturated heterocycles. The Morgan fingerprint density at radius 3 is 2.33 bits per heavy atom. The SMILES string of the molecule is C[C@H]1[C@@H](CN2CC[C@H](O)C2)O[C@@H](c2ccc(-c3ccccc3CNC(=O)C(Cl)(Cl)Cl)cc2)O[C@H]1c1ccc(CO)cc1. The van der Waals surface area contributed by atoms with Gasteiger partial charge in [0.1, 0.15) is 0 Å². The zero-order valence-corrected chi connectivity index (χ0v) is 25.5. The van der Waals surface area contributed by atoms with Crippen LogP contribution in [0.25, 0.3) is 11.1 Å². The van der Waals surface area contributed by atoms with Crippen molar-refractivity contribution in [3.63, 3.8) is 0 Å². The van der Waals surface area contributed by atoms with Gasteiger partial charge >= 0.3 is 0 Å². The van der Waals surface area contributed by atoms with Crippen LogP contribution in [-0.4, -0.2) is 56.7 Å². The van der Waals surface area contributed by atoms with E-state index in [4.69, 9.17) is 44.3 Å². The first-order valence-electron chi connectivity index (χ1n) is 14.1. The van der Waals surface area contributed by atoms with Gasteiger partial charge in [-0.3, -0.25) is 9.69 Å². The van der Waals surface area contributed by atoms with Crippen molar-refractivity contribution in [3.8, 4) is 11.1 Å². The molecule has 0 bridgehead atoms. The van der Waals surface area contributed by atoms with E-state index in [1.54, 1.807) is 0 Å². The van der Waals surface area contributed by atoms with E-state index in [-0.39, 0.29) is 37.4 Å². The highest BCUT2D eigenvalue weighted by Gasteiger charge is 2.40. The van der Waals surface area contributed by atoms with Gasteiger partial charge in [-0.2, -0.15) is 0 Å². The third-order valence-corrected chi connectivity index (χ3v) is 8.53. The molecule has 7 nitrogen and oxygen atoms in total. The third-order valence-electron chi connectivity index (χ3n) is 8.02. The summed E-state index contributed by atoms with van der Waals surface area (Å²) < 4.78 is 11.1. The zero-order valence-electron chi connectivity index (χ0n) is 23.3. The van der Waals surface area contributed by atoms with Crippen molar-refractivity contribution in [2.24, 2.45) is 5.92 Å². The largest absolute Gasteiger partial charge is 0.392 e. The molecule has 42 heavy (non-hydrogen) atoms. The number of likely N-dealkylation sites (tertiary alicyclic amines) is 1. The smallest absolute Gasteiger partial charge is 0.272 e. The number of rotatable bonds is 8. The quantitative estimate of drug-likeness (QED) is 0.276. The molecule has 3 aromatic carbocycles. The van der Waals surface area contributed by atoms with Crippen LogP contribution in [0.3, 0.4) is 0 Å². The fraction of sp³-hybridized carbons (Fsp3) is 0.406. The molecule has 5 atom stereocenters. The Labute approximate surface area is 261 Å². The first-order chi connectivity index (χ1) is 20.1. The van der Waals surface area contributed by atoms with Gasteiger partial charge in [0.15, 0.2) is 6.29 Å². The van der Waals surface area contributed by atoms with Gasteiger partial charge in [0.05, 0.1) is 24.9 Å². The van der Waals surface area contributed by atoms with Crippen molar-refractivity contribution >= 4 is 40.7 Å². The van der Waals surface area contributed by atoms with E-state index in [9.17, 15) is 15.0 Å². The molecule has 2 fully saturated rings. The predicted molar refractivity (Wildman–Crippen MR) is 164 cm³/mol. The number of hydrogen-bond acceptors (Lipinski definition) is 6. The van der Waals surface area contributed by atoms with Crippen LogP contribution in [0, 0.1) is 5.92 Å². The molecule has 3 N–H and O–H groups in total. The van der Waals surface area contributed by atoms with Crippen LogP contribution in [0.2, 0.25) is 0 Å². The van der Waals surface area contributed by atoms with Crippen molar-refractivity contribution in [2.45, 2.75) is 54.9 Å². The number of ether oxygens (including phenoxy) is 2. The van der Waals surface area contributed by atoms with Gasteiger partial charge in [0.25, 0.3) is 9.70 Å². The number of hydrogen-bond donors (Lipinski definition) is 3. The van der Waals surface area contributed by atoms with Gasteiger partial charge in [-0.05, 0) is 34.2 Å². The van der Waals surface area contributed by atoms with Gasteiger partial charge in [0, 0.05) is 37.7 Å². The summed E-state index contributed by atoms with van der Waals surface area (Å²) >= 11 is 17.1. The summed E-state index contributed by atoms with van der Waals surface area (Å²) in [5, 5.41) is 22.2. The van der Waals surface area contributed by atoms with E-state index in [0.717, 1.165) is 46.3 Å². The Morgan fingerprint density at radius 1 is 1.00 bits per heavy atom. The molecule has 0 spiro atoms. The number of aliphatic hydroxyl groups excluding tert-OH is 2. The molecular formula is C32H35Cl3N2O5. The van der Waals surface area contributed by atoms with E-state index in [1.165, 1.54) is 0 Å². The molecule has 5 rings (SSSR count). The Bertz CT molecular complexity index is 1350. The first-order valence-corrected chi connectivity index (χ1v) is 15.2. The summed E-state index contributed by atoms with van der Waals surface area (Å²) in [6.45, 7) is 4.52. The number of carbonyl (C=O) groups is 1. The molecule has 2 aliphatic heterocycles. The Morgan fingerprint density at radius 2 is 1.69 bits per heavy atom. The second kappa shape index (κ2) is 13.6. The number of alkyl halides is 3. The van der Waals surface area contributed by atoms with Crippen LogP contribution < -0.4 is 5.32 Å². The summed E-state index contributed by atoms with van der Waals surface area (Å²) in [7, 11) is 0. The summed E-state index contributed by atoms with van der Waals surface area (Å²) in [6.07, 6.45) is -0.447.